The van der Waals surface area contributed by atoms with E-state index in [1.54, 1.807) is 0 Å². The van der Waals surface area contributed by atoms with Gasteiger partial charge in [-0.1, -0.05) is 0 Å². The van der Waals surface area contributed by atoms with Gasteiger partial charge in [0.25, 0.3) is 0 Å². The number of halogens is 3. The molecule has 0 radical (unpaired) electrons. The summed E-state index contributed by atoms with van der Waals surface area (Å²) in [4.78, 5) is 0. The van der Waals surface area contributed by atoms with E-state index in [-0.39, 0.29) is 0 Å². The minimum absolute atomic E-state index is 0.366. The van der Waals surface area contributed by atoms with Crippen molar-refractivity contribution < 1.29 is 17.6 Å². The molecule has 0 saturated heterocycles. The molecule has 0 amide bonds. The van der Waals surface area contributed by atoms with Gasteiger partial charge in [-0.05, 0) is 25.5 Å². The molecule has 1 rings (SSSR count). The molecule has 2 nitrogen and oxygen atoms in total. The molecule has 0 aliphatic rings. The van der Waals surface area contributed by atoms with E-state index in [0.29, 0.717) is 18.7 Å². The standard InChI is InChI=1S/C9H12F3NO/c10-9(11,12)7-5-8(14-6-7)3-1-2-4-13/h5-6H,1-4,13H2. The molecule has 2 N–H and O–H groups in total. The summed E-state index contributed by atoms with van der Waals surface area (Å²) in [6, 6.07) is 1.04. The van der Waals surface area contributed by atoms with E-state index >= 15 is 0 Å². The number of aryl methyl sites for hydroxylation is 1. The van der Waals surface area contributed by atoms with Gasteiger partial charge in [-0.2, -0.15) is 13.2 Å². The number of alkyl halides is 3. The lowest BCUT2D eigenvalue weighted by molar-refractivity contribution is -0.137. The molecule has 14 heavy (non-hydrogen) atoms. The van der Waals surface area contributed by atoms with Gasteiger partial charge in [0.15, 0.2) is 0 Å². The summed E-state index contributed by atoms with van der Waals surface area (Å²) in [6.45, 7) is 0.548. The molecule has 1 heterocycles. The summed E-state index contributed by atoms with van der Waals surface area (Å²) in [7, 11) is 0. The summed E-state index contributed by atoms with van der Waals surface area (Å²) in [5.74, 6) is 0.366. The largest absolute Gasteiger partial charge is 0.469 e. The third kappa shape index (κ3) is 3.06. The van der Waals surface area contributed by atoms with Crippen LogP contribution in [-0.2, 0) is 12.6 Å². The van der Waals surface area contributed by atoms with Gasteiger partial charge < -0.3 is 10.2 Å². The molecule has 0 aliphatic carbocycles. The second kappa shape index (κ2) is 4.50. The highest BCUT2D eigenvalue weighted by molar-refractivity contribution is 5.16. The molecule has 5 heteroatoms. The van der Waals surface area contributed by atoms with Crippen molar-refractivity contribution in [2.45, 2.75) is 25.4 Å². The third-order valence-corrected chi connectivity index (χ3v) is 1.86. The van der Waals surface area contributed by atoms with E-state index in [1.165, 1.54) is 0 Å². The van der Waals surface area contributed by atoms with Crippen molar-refractivity contribution in [2.75, 3.05) is 6.54 Å². The summed E-state index contributed by atoms with van der Waals surface area (Å²) in [5, 5.41) is 0. The number of rotatable bonds is 4. The molecule has 0 aromatic carbocycles. The zero-order valence-electron chi connectivity index (χ0n) is 7.60. The molecule has 1 aromatic heterocycles. The van der Waals surface area contributed by atoms with Gasteiger partial charge in [-0.25, -0.2) is 0 Å². The monoisotopic (exact) mass is 207 g/mol. The zero-order valence-corrected chi connectivity index (χ0v) is 7.60. The quantitative estimate of drug-likeness (QED) is 0.770. The Hall–Kier alpha value is -0.970. The van der Waals surface area contributed by atoms with Crippen LogP contribution >= 0.6 is 0 Å². The summed E-state index contributed by atoms with van der Waals surface area (Å²) in [5.41, 5.74) is 4.53. The molecule has 0 bridgehead atoms. The van der Waals surface area contributed by atoms with E-state index < -0.39 is 11.7 Å². The maximum Gasteiger partial charge on any atom is 0.419 e. The van der Waals surface area contributed by atoms with Crippen LogP contribution in [0.3, 0.4) is 0 Å². The highest BCUT2D eigenvalue weighted by Crippen LogP contribution is 2.30. The van der Waals surface area contributed by atoms with Crippen LogP contribution in [0.15, 0.2) is 16.7 Å². The Morgan fingerprint density at radius 1 is 1.29 bits per heavy atom. The van der Waals surface area contributed by atoms with Crippen LogP contribution in [0.5, 0.6) is 0 Å². The van der Waals surface area contributed by atoms with Crippen molar-refractivity contribution in [2.24, 2.45) is 5.73 Å². The Labute approximate surface area is 79.9 Å². The fourth-order valence-corrected chi connectivity index (χ4v) is 1.10. The predicted octanol–water partition coefficient (Wildman–Crippen LogP) is 2.58. The summed E-state index contributed by atoms with van der Waals surface area (Å²) in [6.07, 6.45) is -1.51. The second-order valence-corrected chi connectivity index (χ2v) is 3.05. The molecule has 80 valence electrons. The van der Waals surface area contributed by atoms with Crippen LogP contribution in [0.2, 0.25) is 0 Å². The molecule has 0 fully saturated rings. The second-order valence-electron chi connectivity index (χ2n) is 3.05. The van der Waals surface area contributed by atoms with Crippen molar-refractivity contribution in [3.05, 3.63) is 23.7 Å². The van der Waals surface area contributed by atoms with Gasteiger partial charge in [-0.15, -0.1) is 0 Å². The van der Waals surface area contributed by atoms with Crippen LogP contribution in [0.1, 0.15) is 24.2 Å². The van der Waals surface area contributed by atoms with E-state index in [4.69, 9.17) is 10.2 Å². The lowest BCUT2D eigenvalue weighted by Crippen LogP contribution is -2.02. The molecular weight excluding hydrogens is 195 g/mol. The first-order valence-corrected chi connectivity index (χ1v) is 4.38. The lowest BCUT2D eigenvalue weighted by atomic mass is 10.2. The Balaban J connectivity index is 2.51. The Morgan fingerprint density at radius 3 is 2.50 bits per heavy atom. The van der Waals surface area contributed by atoms with Gasteiger partial charge in [0, 0.05) is 6.42 Å². The van der Waals surface area contributed by atoms with Gasteiger partial charge in [0.05, 0.1) is 5.56 Å². The highest BCUT2D eigenvalue weighted by Gasteiger charge is 2.32. The van der Waals surface area contributed by atoms with Crippen LogP contribution in [0.25, 0.3) is 0 Å². The Morgan fingerprint density at radius 2 is 2.00 bits per heavy atom. The normalized spacial score (nSPS) is 12.0. The van der Waals surface area contributed by atoms with Crippen LogP contribution in [0.4, 0.5) is 13.2 Å². The van der Waals surface area contributed by atoms with E-state index in [1.807, 2.05) is 0 Å². The SMILES string of the molecule is NCCCCc1cc(C(F)(F)F)co1. The fourth-order valence-electron chi connectivity index (χ4n) is 1.10. The lowest BCUT2D eigenvalue weighted by Gasteiger charge is -1.99. The molecule has 0 saturated carbocycles. The third-order valence-electron chi connectivity index (χ3n) is 1.86. The molecule has 1 aromatic rings. The average Bonchev–Trinajstić information content (AvgIpc) is 2.52. The van der Waals surface area contributed by atoms with E-state index in [2.05, 4.69) is 0 Å². The smallest absolute Gasteiger partial charge is 0.419 e. The first kappa shape index (κ1) is 11.1. The Kier molecular flexibility index (Phi) is 3.57. The van der Waals surface area contributed by atoms with Gasteiger partial charge in [0.2, 0.25) is 0 Å². The van der Waals surface area contributed by atoms with E-state index in [0.717, 1.165) is 25.2 Å². The van der Waals surface area contributed by atoms with Crippen molar-refractivity contribution in [1.82, 2.24) is 0 Å². The zero-order chi connectivity index (χ0) is 10.6. The van der Waals surface area contributed by atoms with E-state index in [9.17, 15) is 13.2 Å². The van der Waals surface area contributed by atoms with Crippen LogP contribution in [-0.4, -0.2) is 6.54 Å². The minimum atomic E-state index is -4.31. The number of unbranched alkanes of at least 4 members (excludes halogenated alkanes) is 1. The molecule has 0 atom stereocenters. The average molecular weight is 207 g/mol. The number of hydrogen-bond donors (Lipinski definition) is 1. The van der Waals surface area contributed by atoms with Crippen LogP contribution in [0, 0.1) is 0 Å². The van der Waals surface area contributed by atoms with Gasteiger partial charge in [-0.3, -0.25) is 0 Å². The van der Waals surface area contributed by atoms with Crippen molar-refractivity contribution >= 4 is 0 Å². The minimum Gasteiger partial charge on any atom is -0.469 e. The number of hydrogen-bond acceptors (Lipinski definition) is 2. The van der Waals surface area contributed by atoms with Crippen LogP contribution < -0.4 is 5.73 Å². The molecular formula is C9H12F3NO. The first-order valence-electron chi connectivity index (χ1n) is 4.38. The maximum absolute atomic E-state index is 12.1. The van der Waals surface area contributed by atoms with Crippen molar-refractivity contribution in [3.63, 3.8) is 0 Å². The van der Waals surface area contributed by atoms with Crippen molar-refractivity contribution in [1.29, 1.82) is 0 Å². The van der Waals surface area contributed by atoms with Crippen molar-refractivity contribution in [3.8, 4) is 0 Å². The fraction of sp³-hybridized carbons (Fsp3) is 0.556. The Bertz CT molecular complexity index is 280. The number of furan rings is 1. The van der Waals surface area contributed by atoms with Gasteiger partial charge in [0.1, 0.15) is 12.0 Å². The summed E-state index contributed by atoms with van der Waals surface area (Å²) < 4.78 is 41.1. The highest BCUT2D eigenvalue weighted by atomic mass is 19.4. The first-order chi connectivity index (χ1) is 6.54. The topological polar surface area (TPSA) is 39.2 Å². The molecule has 0 unspecified atom stereocenters. The number of nitrogens with two attached hydrogens (primary N) is 1. The predicted molar refractivity (Wildman–Crippen MR) is 45.7 cm³/mol. The maximum atomic E-state index is 12.1. The van der Waals surface area contributed by atoms with Gasteiger partial charge >= 0.3 is 6.18 Å². The molecule has 0 spiro atoms. The molecule has 0 aliphatic heterocycles. The summed E-state index contributed by atoms with van der Waals surface area (Å²) >= 11 is 0.